The van der Waals surface area contributed by atoms with Crippen molar-refractivity contribution in [1.82, 2.24) is 0 Å². The van der Waals surface area contributed by atoms with Crippen LogP contribution in [0.4, 0.5) is 0 Å². The molecule has 0 rings (SSSR count). The molecule has 4 heteroatoms. The van der Waals surface area contributed by atoms with E-state index in [4.69, 9.17) is 14.9 Å². The summed E-state index contributed by atoms with van der Waals surface area (Å²) in [4.78, 5) is 10.4. The van der Waals surface area contributed by atoms with E-state index in [2.05, 4.69) is 0 Å². The van der Waals surface area contributed by atoms with Crippen LogP contribution in [0.15, 0.2) is 0 Å². The minimum atomic E-state index is -0.960. The number of carboxylic acids is 1. The molecule has 0 aliphatic carbocycles. The van der Waals surface area contributed by atoms with Gasteiger partial charge < -0.3 is 14.9 Å². The number of aliphatic hydroxyl groups is 1. The second kappa shape index (κ2) is 4.31. The van der Waals surface area contributed by atoms with Crippen LogP contribution in [0.25, 0.3) is 0 Å². The molecule has 0 spiro atoms. The van der Waals surface area contributed by atoms with Crippen LogP contribution in [0.5, 0.6) is 0 Å². The Labute approximate surface area is 65.8 Å². The van der Waals surface area contributed by atoms with Crippen molar-refractivity contribution in [3.63, 3.8) is 0 Å². The monoisotopic (exact) mass is 162 g/mol. The van der Waals surface area contributed by atoms with Crippen molar-refractivity contribution in [2.75, 3.05) is 7.11 Å². The Kier molecular flexibility index (Phi) is 4.07. The number of aliphatic carboxylic acids is 1. The van der Waals surface area contributed by atoms with Gasteiger partial charge in [0.2, 0.25) is 0 Å². The summed E-state index contributed by atoms with van der Waals surface area (Å²) >= 11 is 0. The molecule has 0 aliphatic heterocycles. The maximum atomic E-state index is 10.4. The second-order valence-electron chi connectivity index (χ2n) is 2.57. The number of hydrogen-bond acceptors (Lipinski definition) is 3. The van der Waals surface area contributed by atoms with Gasteiger partial charge in [-0.1, -0.05) is 0 Å². The smallest absolute Gasteiger partial charge is 0.308 e. The molecule has 66 valence electrons. The largest absolute Gasteiger partial charge is 0.481 e. The summed E-state index contributed by atoms with van der Waals surface area (Å²) in [5.41, 5.74) is 0. The van der Waals surface area contributed by atoms with E-state index >= 15 is 0 Å². The first-order valence-electron chi connectivity index (χ1n) is 3.44. The number of ether oxygens (including phenoxy) is 1. The van der Waals surface area contributed by atoms with Crippen LogP contribution in [0.3, 0.4) is 0 Å². The van der Waals surface area contributed by atoms with Crippen molar-refractivity contribution in [3.05, 3.63) is 0 Å². The number of aliphatic hydroxyl groups excluding tert-OH is 1. The molecule has 0 heterocycles. The van der Waals surface area contributed by atoms with Crippen molar-refractivity contribution >= 4 is 5.97 Å². The van der Waals surface area contributed by atoms with Gasteiger partial charge in [0.05, 0.1) is 18.1 Å². The van der Waals surface area contributed by atoms with Gasteiger partial charge in [-0.25, -0.2) is 0 Å². The molecule has 0 aromatic rings. The van der Waals surface area contributed by atoms with E-state index in [1.807, 2.05) is 0 Å². The van der Waals surface area contributed by atoms with E-state index < -0.39 is 24.1 Å². The Hall–Kier alpha value is -0.610. The minimum Gasteiger partial charge on any atom is -0.481 e. The van der Waals surface area contributed by atoms with E-state index in [1.54, 1.807) is 0 Å². The van der Waals surface area contributed by atoms with Crippen molar-refractivity contribution < 1.29 is 19.7 Å². The molecule has 2 unspecified atom stereocenters. The zero-order valence-electron chi connectivity index (χ0n) is 6.94. The van der Waals surface area contributed by atoms with Crippen molar-refractivity contribution in [2.24, 2.45) is 5.92 Å². The molecule has 0 saturated carbocycles. The average molecular weight is 162 g/mol. The molecule has 0 aromatic heterocycles. The Morgan fingerprint density at radius 1 is 1.45 bits per heavy atom. The highest BCUT2D eigenvalue weighted by atomic mass is 16.5. The summed E-state index contributed by atoms with van der Waals surface area (Å²) in [6, 6.07) is 0. The molecule has 0 aliphatic rings. The summed E-state index contributed by atoms with van der Waals surface area (Å²) in [7, 11) is 1.39. The van der Waals surface area contributed by atoms with Crippen LogP contribution in [-0.4, -0.2) is 35.5 Å². The van der Waals surface area contributed by atoms with Gasteiger partial charge in [-0.3, -0.25) is 4.79 Å². The van der Waals surface area contributed by atoms with Gasteiger partial charge in [-0.15, -0.1) is 0 Å². The standard InChI is InChI=1S/C7H14O4/c1-4(7(9)10)6(11-3)5(2)8/h4-6,8H,1-3H3,(H,9,10)/t4?,5?,6-/m1/s1. The quantitative estimate of drug-likeness (QED) is 0.615. The molecule has 0 aromatic carbocycles. The van der Waals surface area contributed by atoms with Crippen LogP contribution < -0.4 is 0 Å². The summed E-state index contributed by atoms with van der Waals surface area (Å²) < 4.78 is 4.80. The molecule has 3 atom stereocenters. The summed E-state index contributed by atoms with van der Waals surface area (Å²) in [5.74, 6) is -1.64. The van der Waals surface area contributed by atoms with Crippen molar-refractivity contribution in [3.8, 4) is 0 Å². The van der Waals surface area contributed by atoms with Gasteiger partial charge in [-0.05, 0) is 13.8 Å². The summed E-state index contributed by atoms with van der Waals surface area (Å²) in [5, 5.41) is 17.6. The number of carbonyl (C=O) groups is 1. The molecule has 0 saturated heterocycles. The molecule has 11 heavy (non-hydrogen) atoms. The molecule has 4 nitrogen and oxygen atoms in total. The van der Waals surface area contributed by atoms with Crippen LogP contribution in [0.2, 0.25) is 0 Å². The predicted molar refractivity (Wildman–Crippen MR) is 39.3 cm³/mol. The number of carboxylic acid groups (broad SMARTS) is 1. The van der Waals surface area contributed by atoms with E-state index in [0.29, 0.717) is 0 Å². The lowest BCUT2D eigenvalue weighted by atomic mass is 10.0. The molecular weight excluding hydrogens is 148 g/mol. The first-order valence-corrected chi connectivity index (χ1v) is 3.44. The van der Waals surface area contributed by atoms with Gasteiger partial charge in [0.1, 0.15) is 0 Å². The van der Waals surface area contributed by atoms with Gasteiger partial charge in [0, 0.05) is 7.11 Å². The van der Waals surface area contributed by atoms with E-state index in [0.717, 1.165) is 0 Å². The Bertz CT molecular complexity index is 132. The Morgan fingerprint density at radius 3 is 2.00 bits per heavy atom. The molecule has 0 bridgehead atoms. The van der Waals surface area contributed by atoms with E-state index in [9.17, 15) is 4.79 Å². The maximum absolute atomic E-state index is 10.4. The lowest BCUT2D eigenvalue weighted by Gasteiger charge is -2.21. The van der Waals surface area contributed by atoms with Gasteiger partial charge in [-0.2, -0.15) is 0 Å². The van der Waals surface area contributed by atoms with Gasteiger partial charge in [0.25, 0.3) is 0 Å². The minimum absolute atomic E-state index is 0.632. The molecule has 0 fully saturated rings. The molecule has 0 amide bonds. The van der Waals surface area contributed by atoms with Gasteiger partial charge in [0.15, 0.2) is 0 Å². The Balaban J connectivity index is 4.13. The predicted octanol–water partition coefficient (Wildman–Crippen LogP) is 0.103. The third-order valence-electron chi connectivity index (χ3n) is 1.63. The first-order chi connectivity index (χ1) is 5.00. The number of rotatable bonds is 4. The van der Waals surface area contributed by atoms with Crippen molar-refractivity contribution in [1.29, 1.82) is 0 Å². The van der Waals surface area contributed by atoms with Gasteiger partial charge >= 0.3 is 5.97 Å². The SMILES string of the molecule is CO[C@@H](C(C)O)C(C)C(=O)O. The van der Waals surface area contributed by atoms with E-state index in [-0.39, 0.29) is 0 Å². The van der Waals surface area contributed by atoms with Crippen LogP contribution >= 0.6 is 0 Å². The maximum Gasteiger partial charge on any atom is 0.308 e. The molecule has 0 radical (unpaired) electrons. The lowest BCUT2D eigenvalue weighted by molar-refractivity contribution is -0.149. The second-order valence-corrected chi connectivity index (χ2v) is 2.57. The van der Waals surface area contributed by atoms with E-state index in [1.165, 1.54) is 21.0 Å². The zero-order chi connectivity index (χ0) is 9.02. The summed E-state index contributed by atoms with van der Waals surface area (Å²) in [6.07, 6.45) is -1.39. The fourth-order valence-electron chi connectivity index (χ4n) is 0.959. The molecule has 2 N–H and O–H groups in total. The highest BCUT2D eigenvalue weighted by molar-refractivity contribution is 5.70. The third kappa shape index (κ3) is 2.86. The normalized spacial score (nSPS) is 18.9. The van der Waals surface area contributed by atoms with Crippen molar-refractivity contribution in [2.45, 2.75) is 26.1 Å². The van der Waals surface area contributed by atoms with Crippen LogP contribution in [0, 0.1) is 5.92 Å². The zero-order valence-corrected chi connectivity index (χ0v) is 6.94. The highest BCUT2D eigenvalue weighted by Crippen LogP contribution is 2.10. The topological polar surface area (TPSA) is 66.8 Å². The number of methoxy groups -OCH3 is 1. The summed E-state index contributed by atoms with van der Waals surface area (Å²) in [6.45, 7) is 3.01. The molecular formula is C7H14O4. The third-order valence-corrected chi connectivity index (χ3v) is 1.63. The fraction of sp³-hybridized carbons (Fsp3) is 0.857. The highest BCUT2D eigenvalue weighted by Gasteiger charge is 2.27. The Morgan fingerprint density at radius 2 is 1.91 bits per heavy atom. The fourth-order valence-corrected chi connectivity index (χ4v) is 0.959. The van der Waals surface area contributed by atoms with Crippen LogP contribution in [0.1, 0.15) is 13.8 Å². The van der Waals surface area contributed by atoms with Crippen LogP contribution in [-0.2, 0) is 9.53 Å². The average Bonchev–Trinajstić information content (AvgIpc) is 1.88. The lowest BCUT2D eigenvalue weighted by Crippen LogP contribution is -2.36. The first kappa shape index (κ1) is 10.4. The number of hydrogen-bond donors (Lipinski definition) is 2.